The summed E-state index contributed by atoms with van der Waals surface area (Å²) in [5.74, 6) is 1.15. The second-order valence-corrected chi connectivity index (χ2v) is 8.03. The van der Waals surface area contributed by atoms with Crippen LogP contribution in [0.5, 0.6) is 0 Å². The van der Waals surface area contributed by atoms with Gasteiger partial charge in [0.15, 0.2) is 5.82 Å². The molecule has 1 aliphatic heterocycles. The van der Waals surface area contributed by atoms with Crippen LogP contribution in [0.2, 0.25) is 0 Å². The molecule has 0 spiro atoms. The number of hydrogen-bond donors (Lipinski definition) is 2. The highest BCUT2D eigenvalue weighted by atomic mass is 32.2. The van der Waals surface area contributed by atoms with Gasteiger partial charge < -0.3 is 5.32 Å². The van der Waals surface area contributed by atoms with E-state index in [9.17, 15) is 8.60 Å². The van der Waals surface area contributed by atoms with Crippen molar-refractivity contribution in [2.45, 2.75) is 17.7 Å². The van der Waals surface area contributed by atoms with E-state index >= 15 is 0 Å². The highest BCUT2D eigenvalue weighted by Gasteiger charge is 2.26. The van der Waals surface area contributed by atoms with Crippen LogP contribution in [0.25, 0.3) is 21.8 Å². The first-order valence-corrected chi connectivity index (χ1v) is 9.64. The monoisotopic (exact) mass is 366 g/mol. The maximum atomic E-state index is 13.6. The van der Waals surface area contributed by atoms with Crippen molar-refractivity contribution in [3.8, 4) is 0 Å². The topological polar surface area (TPSA) is 70.7 Å². The lowest BCUT2D eigenvalue weighted by atomic mass is 10.0. The molecule has 2 aromatic heterocycles. The molecule has 0 radical (unpaired) electrons. The second-order valence-electron chi connectivity index (χ2n) is 6.57. The molecule has 7 heteroatoms. The molecule has 26 heavy (non-hydrogen) atoms. The molecule has 0 bridgehead atoms. The predicted octanol–water partition coefficient (Wildman–Crippen LogP) is 4.22. The van der Waals surface area contributed by atoms with E-state index in [0.717, 1.165) is 32.6 Å². The Balaban J connectivity index is 1.66. The number of pyridine rings is 1. The number of H-pyrrole nitrogens is 1. The predicted molar refractivity (Wildman–Crippen MR) is 101 cm³/mol. The standard InChI is InChI=1S/C19H15FN4OS/c1-10-9-26(25)18-8-13-15(4-5-21-17(13)7-12(10)18)22-19-14-6-11(20)2-3-16(14)23-24-19/h2-8,10H,9H2,1H3,(H2,21,22,23,24). The van der Waals surface area contributed by atoms with E-state index in [0.29, 0.717) is 17.0 Å². The van der Waals surface area contributed by atoms with Gasteiger partial charge in [0.1, 0.15) is 5.82 Å². The molecule has 2 N–H and O–H groups in total. The average molecular weight is 366 g/mol. The quantitative estimate of drug-likeness (QED) is 0.557. The molecular weight excluding hydrogens is 351 g/mol. The first-order chi connectivity index (χ1) is 12.6. The van der Waals surface area contributed by atoms with Gasteiger partial charge in [-0.25, -0.2) is 4.39 Å². The normalized spacial score (nSPS) is 19.2. The summed E-state index contributed by atoms with van der Waals surface area (Å²) in [7, 11) is -0.983. The highest BCUT2D eigenvalue weighted by Crippen LogP contribution is 2.37. The van der Waals surface area contributed by atoms with Crippen molar-refractivity contribution in [3.05, 3.63) is 54.0 Å². The fraction of sp³-hybridized carbons (Fsp3) is 0.158. The zero-order chi connectivity index (χ0) is 17.8. The van der Waals surface area contributed by atoms with Crippen LogP contribution >= 0.6 is 0 Å². The fourth-order valence-electron chi connectivity index (χ4n) is 3.50. The Kier molecular flexibility index (Phi) is 3.33. The van der Waals surface area contributed by atoms with Gasteiger partial charge in [-0.05, 0) is 47.9 Å². The van der Waals surface area contributed by atoms with Crippen molar-refractivity contribution < 1.29 is 8.60 Å². The summed E-state index contributed by atoms with van der Waals surface area (Å²) in [5.41, 5.74) is 3.49. The summed E-state index contributed by atoms with van der Waals surface area (Å²) in [6.45, 7) is 2.09. The third-order valence-electron chi connectivity index (χ3n) is 4.83. The lowest BCUT2D eigenvalue weighted by Gasteiger charge is -2.10. The van der Waals surface area contributed by atoms with E-state index in [-0.39, 0.29) is 11.7 Å². The summed E-state index contributed by atoms with van der Waals surface area (Å²) in [6.07, 6.45) is 1.73. The van der Waals surface area contributed by atoms with Crippen molar-refractivity contribution in [1.82, 2.24) is 15.2 Å². The van der Waals surface area contributed by atoms with Crippen molar-refractivity contribution in [2.24, 2.45) is 0 Å². The molecular formula is C19H15FN4OS. The van der Waals surface area contributed by atoms with Crippen LogP contribution in [-0.2, 0) is 10.8 Å². The first kappa shape index (κ1) is 15.5. The molecule has 1 aliphatic rings. The van der Waals surface area contributed by atoms with Gasteiger partial charge in [0.2, 0.25) is 0 Å². The first-order valence-electron chi connectivity index (χ1n) is 8.32. The van der Waals surface area contributed by atoms with Crippen LogP contribution in [0.3, 0.4) is 0 Å². The van der Waals surface area contributed by atoms with Crippen molar-refractivity contribution in [1.29, 1.82) is 0 Å². The summed E-state index contributed by atoms with van der Waals surface area (Å²) in [6, 6.07) is 10.3. The fourth-order valence-corrected chi connectivity index (χ4v) is 5.08. The van der Waals surface area contributed by atoms with Gasteiger partial charge in [-0.2, -0.15) is 5.10 Å². The third kappa shape index (κ3) is 2.31. The molecule has 130 valence electrons. The van der Waals surface area contributed by atoms with E-state index in [1.807, 2.05) is 18.2 Å². The van der Waals surface area contributed by atoms with Crippen molar-refractivity contribution >= 4 is 44.1 Å². The van der Waals surface area contributed by atoms with Crippen LogP contribution in [0, 0.1) is 5.82 Å². The number of fused-ring (bicyclic) bond motifs is 3. The van der Waals surface area contributed by atoms with Gasteiger partial charge in [-0.1, -0.05) is 6.92 Å². The number of anilines is 2. The number of hydrogen-bond acceptors (Lipinski definition) is 4. The molecule has 0 amide bonds. The molecule has 3 heterocycles. The van der Waals surface area contributed by atoms with Crippen molar-refractivity contribution in [2.75, 3.05) is 11.1 Å². The Bertz CT molecular complexity index is 1200. The number of nitrogens with one attached hydrogen (secondary N) is 2. The number of aromatic nitrogens is 3. The maximum absolute atomic E-state index is 13.6. The molecule has 2 aromatic carbocycles. The zero-order valence-electron chi connectivity index (χ0n) is 13.9. The molecule has 5 rings (SSSR count). The van der Waals surface area contributed by atoms with Gasteiger partial charge in [-0.15, -0.1) is 0 Å². The lowest BCUT2D eigenvalue weighted by Crippen LogP contribution is -1.95. The van der Waals surface area contributed by atoms with Crippen molar-refractivity contribution in [3.63, 3.8) is 0 Å². The lowest BCUT2D eigenvalue weighted by molar-refractivity contribution is 0.630. The summed E-state index contributed by atoms with van der Waals surface area (Å²) in [4.78, 5) is 5.33. The van der Waals surface area contributed by atoms with Gasteiger partial charge in [0.05, 0.1) is 27.5 Å². The van der Waals surface area contributed by atoms with Gasteiger partial charge in [0, 0.05) is 27.6 Å². The number of halogens is 1. The van der Waals surface area contributed by atoms with E-state index < -0.39 is 10.8 Å². The Hall–Kier alpha value is -2.80. The Morgan fingerprint density at radius 2 is 2.12 bits per heavy atom. The minimum absolute atomic E-state index is 0.270. The Labute approximate surface area is 151 Å². The molecule has 0 saturated heterocycles. The second kappa shape index (κ2) is 5.60. The summed E-state index contributed by atoms with van der Waals surface area (Å²) < 4.78 is 26.0. The Morgan fingerprint density at radius 1 is 1.23 bits per heavy atom. The van der Waals surface area contributed by atoms with Crippen LogP contribution in [-0.4, -0.2) is 25.1 Å². The molecule has 0 saturated carbocycles. The van der Waals surface area contributed by atoms with E-state index in [4.69, 9.17) is 0 Å². The van der Waals surface area contributed by atoms with E-state index in [1.165, 1.54) is 12.1 Å². The van der Waals surface area contributed by atoms with Gasteiger partial charge in [0.25, 0.3) is 0 Å². The molecule has 5 nitrogen and oxygen atoms in total. The smallest absolute Gasteiger partial charge is 0.160 e. The van der Waals surface area contributed by atoms with Gasteiger partial charge in [-0.3, -0.25) is 14.3 Å². The van der Waals surface area contributed by atoms with Crippen LogP contribution in [0.1, 0.15) is 18.4 Å². The number of benzene rings is 2. The number of rotatable bonds is 2. The van der Waals surface area contributed by atoms with Crippen LogP contribution in [0.4, 0.5) is 15.9 Å². The largest absolute Gasteiger partial charge is 0.338 e. The maximum Gasteiger partial charge on any atom is 0.160 e. The molecule has 2 atom stereocenters. The van der Waals surface area contributed by atoms with Crippen LogP contribution < -0.4 is 5.32 Å². The Morgan fingerprint density at radius 3 is 3.00 bits per heavy atom. The molecule has 0 aliphatic carbocycles. The number of nitrogens with zero attached hydrogens (tertiary/aromatic N) is 2. The highest BCUT2D eigenvalue weighted by molar-refractivity contribution is 7.85. The minimum Gasteiger partial charge on any atom is -0.338 e. The van der Waals surface area contributed by atoms with Crippen LogP contribution in [0.15, 0.2) is 47.5 Å². The third-order valence-corrected chi connectivity index (χ3v) is 6.48. The van der Waals surface area contributed by atoms with E-state index in [2.05, 4.69) is 27.4 Å². The molecule has 4 aromatic rings. The molecule has 0 fully saturated rings. The SMILES string of the molecule is CC1CS(=O)c2cc3c(Nc4n[nH]c5ccc(F)cc45)ccnc3cc21. The summed E-state index contributed by atoms with van der Waals surface area (Å²) >= 11 is 0. The molecule has 2 unspecified atom stereocenters. The minimum atomic E-state index is -0.983. The summed E-state index contributed by atoms with van der Waals surface area (Å²) in [5, 5.41) is 12.0. The van der Waals surface area contributed by atoms with E-state index in [1.54, 1.807) is 12.3 Å². The number of aromatic amines is 1. The average Bonchev–Trinajstić information content (AvgIpc) is 3.14. The zero-order valence-corrected chi connectivity index (χ0v) is 14.7. The van der Waals surface area contributed by atoms with Gasteiger partial charge >= 0.3 is 0 Å².